The summed E-state index contributed by atoms with van der Waals surface area (Å²) in [5.41, 5.74) is 0.932. The number of nitrogens with zero attached hydrogens (tertiary/aromatic N) is 1. The SMILES string of the molecule is CCCC1(C(=O)O)CCCN(C(=O)c2cscc2C)C1. The number of aliphatic carboxylic acids is 1. The average molecular weight is 295 g/mol. The number of hydrogen-bond acceptors (Lipinski definition) is 3. The first-order valence-corrected chi connectivity index (χ1v) is 8.00. The number of aryl methyl sites for hydroxylation is 1. The van der Waals surface area contributed by atoms with E-state index in [1.54, 1.807) is 4.90 Å². The van der Waals surface area contributed by atoms with Crippen molar-refractivity contribution in [2.75, 3.05) is 13.1 Å². The van der Waals surface area contributed by atoms with Gasteiger partial charge in [0.1, 0.15) is 0 Å². The van der Waals surface area contributed by atoms with Gasteiger partial charge in [-0.25, -0.2) is 0 Å². The third-order valence-electron chi connectivity index (χ3n) is 4.13. The molecule has 1 saturated heterocycles. The van der Waals surface area contributed by atoms with Crippen LogP contribution in [0.3, 0.4) is 0 Å². The van der Waals surface area contributed by atoms with E-state index in [1.807, 2.05) is 24.6 Å². The van der Waals surface area contributed by atoms with Crippen molar-refractivity contribution in [1.29, 1.82) is 0 Å². The third kappa shape index (κ3) is 2.73. The van der Waals surface area contributed by atoms with Crippen LogP contribution in [0.15, 0.2) is 10.8 Å². The number of hydrogen-bond donors (Lipinski definition) is 1. The standard InChI is InChI=1S/C15H21NO3S/c1-3-5-15(14(18)19)6-4-7-16(10-15)13(17)12-9-20-8-11(12)2/h8-9H,3-7,10H2,1-2H3,(H,18,19). The van der Waals surface area contributed by atoms with Gasteiger partial charge in [-0.1, -0.05) is 13.3 Å². The van der Waals surface area contributed by atoms with E-state index in [2.05, 4.69) is 0 Å². The average Bonchev–Trinajstić information content (AvgIpc) is 2.84. The minimum atomic E-state index is -0.765. The summed E-state index contributed by atoms with van der Waals surface area (Å²) in [5, 5.41) is 13.4. The number of likely N-dealkylation sites (tertiary alicyclic amines) is 1. The first kappa shape index (κ1) is 15.0. The molecule has 0 aromatic carbocycles. The molecule has 1 aliphatic heterocycles. The number of piperidine rings is 1. The molecule has 0 aliphatic carbocycles. The molecule has 1 atom stereocenters. The monoisotopic (exact) mass is 295 g/mol. The lowest BCUT2D eigenvalue weighted by Crippen LogP contribution is -2.50. The van der Waals surface area contributed by atoms with Gasteiger partial charge in [-0.15, -0.1) is 0 Å². The first-order valence-electron chi connectivity index (χ1n) is 7.05. The maximum Gasteiger partial charge on any atom is 0.311 e. The zero-order chi connectivity index (χ0) is 14.8. The van der Waals surface area contributed by atoms with Gasteiger partial charge in [0.2, 0.25) is 0 Å². The summed E-state index contributed by atoms with van der Waals surface area (Å²) in [6, 6.07) is 0. The largest absolute Gasteiger partial charge is 0.481 e. The Hall–Kier alpha value is -1.36. The summed E-state index contributed by atoms with van der Waals surface area (Å²) in [6.07, 6.45) is 2.89. The van der Waals surface area contributed by atoms with E-state index in [0.717, 1.165) is 18.4 Å². The van der Waals surface area contributed by atoms with Gasteiger partial charge in [-0.05, 0) is 37.1 Å². The van der Waals surface area contributed by atoms with Crippen LogP contribution in [0, 0.1) is 12.3 Å². The first-order chi connectivity index (χ1) is 9.50. The van der Waals surface area contributed by atoms with Crippen LogP contribution in [0.4, 0.5) is 0 Å². The second kappa shape index (κ2) is 5.95. The van der Waals surface area contributed by atoms with Gasteiger partial charge in [0.25, 0.3) is 5.91 Å². The highest BCUT2D eigenvalue weighted by Gasteiger charge is 2.43. The van der Waals surface area contributed by atoms with Gasteiger partial charge in [0.15, 0.2) is 0 Å². The zero-order valence-electron chi connectivity index (χ0n) is 12.0. The van der Waals surface area contributed by atoms with Gasteiger partial charge in [0.05, 0.1) is 11.0 Å². The van der Waals surface area contributed by atoms with Crippen LogP contribution >= 0.6 is 11.3 Å². The van der Waals surface area contributed by atoms with Crippen LogP contribution in [0.2, 0.25) is 0 Å². The van der Waals surface area contributed by atoms with E-state index in [0.29, 0.717) is 31.5 Å². The molecular formula is C15H21NO3S. The fourth-order valence-electron chi connectivity index (χ4n) is 3.02. The molecule has 20 heavy (non-hydrogen) atoms. The number of carbonyl (C=O) groups excluding carboxylic acids is 1. The Labute approximate surface area is 123 Å². The fourth-order valence-corrected chi connectivity index (χ4v) is 3.84. The topological polar surface area (TPSA) is 57.6 Å². The maximum atomic E-state index is 12.5. The predicted octanol–water partition coefficient (Wildman–Crippen LogP) is 3.16. The van der Waals surface area contributed by atoms with Gasteiger partial charge < -0.3 is 10.0 Å². The highest BCUT2D eigenvalue weighted by atomic mass is 32.1. The fraction of sp³-hybridized carbons (Fsp3) is 0.600. The summed E-state index contributed by atoms with van der Waals surface area (Å²) in [5.74, 6) is -0.788. The molecule has 1 aromatic heterocycles. The Bertz CT molecular complexity index is 507. The minimum Gasteiger partial charge on any atom is -0.481 e. The van der Waals surface area contributed by atoms with Crippen molar-refractivity contribution in [3.05, 3.63) is 21.9 Å². The molecule has 1 unspecified atom stereocenters. The molecular weight excluding hydrogens is 274 g/mol. The summed E-state index contributed by atoms with van der Waals surface area (Å²) in [7, 11) is 0. The van der Waals surface area contributed by atoms with Crippen molar-refractivity contribution in [2.45, 2.75) is 39.5 Å². The van der Waals surface area contributed by atoms with Crippen LogP contribution in [0.1, 0.15) is 48.5 Å². The van der Waals surface area contributed by atoms with Crippen molar-refractivity contribution < 1.29 is 14.7 Å². The number of rotatable bonds is 4. The molecule has 0 spiro atoms. The molecule has 1 fully saturated rings. The van der Waals surface area contributed by atoms with Crippen molar-refractivity contribution in [2.24, 2.45) is 5.41 Å². The van der Waals surface area contributed by atoms with Crippen LogP contribution < -0.4 is 0 Å². The van der Waals surface area contributed by atoms with Crippen LogP contribution in [-0.2, 0) is 4.79 Å². The molecule has 0 bridgehead atoms. The molecule has 110 valence electrons. The molecule has 1 amide bonds. The van der Waals surface area contributed by atoms with E-state index >= 15 is 0 Å². The molecule has 4 nitrogen and oxygen atoms in total. The normalized spacial score (nSPS) is 22.8. The highest BCUT2D eigenvalue weighted by Crippen LogP contribution is 2.35. The van der Waals surface area contributed by atoms with Gasteiger partial charge in [-0.2, -0.15) is 11.3 Å². The van der Waals surface area contributed by atoms with E-state index in [1.165, 1.54) is 11.3 Å². The van der Waals surface area contributed by atoms with Crippen molar-refractivity contribution >= 4 is 23.2 Å². The lowest BCUT2D eigenvalue weighted by Gasteiger charge is -2.40. The van der Waals surface area contributed by atoms with Gasteiger partial charge in [-0.3, -0.25) is 9.59 Å². The van der Waals surface area contributed by atoms with Gasteiger partial charge in [0, 0.05) is 18.5 Å². The maximum absolute atomic E-state index is 12.5. The quantitative estimate of drug-likeness (QED) is 0.928. The molecule has 2 rings (SSSR count). The van der Waals surface area contributed by atoms with E-state index in [-0.39, 0.29) is 5.91 Å². The molecule has 0 saturated carbocycles. The number of amides is 1. The van der Waals surface area contributed by atoms with E-state index < -0.39 is 11.4 Å². The number of carbonyl (C=O) groups is 2. The van der Waals surface area contributed by atoms with Crippen LogP contribution in [-0.4, -0.2) is 35.0 Å². The van der Waals surface area contributed by atoms with E-state index in [4.69, 9.17) is 0 Å². The summed E-state index contributed by atoms with van der Waals surface area (Å²) in [6.45, 7) is 4.91. The van der Waals surface area contributed by atoms with Crippen LogP contribution in [0.25, 0.3) is 0 Å². The second-order valence-electron chi connectivity index (χ2n) is 5.63. The number of carboxylic acid groups (broad SMARTS) is 1. The summed E-state index contributed by atoms with van der Waals surface area (Å²) in [4.78, 5) is 25.9. The lowest BCUT2D eigenvalue weighted by molar-refractivity contribution is -0.152. The number of carboxylic acids is 1. The molecule has 1 aromatic rings. The van der Waals surface area contributed by atoms with Gasteiger partial charge >= 0.3 is 5.97 Å². The van der Waals surface area contributed by atoms with Crippen molar-refractivity contribution in [3.8, 4) is 0 Å². The third-order valence-corrected chi connectivity index (χ3v) is 4.99. The number of thiophene rings is 1. The Morgan fingerprint density at radius 2 is 2.20 bits per heavy atom. The molecule has 1 aliphatic rings. The molecule has 1 N–H and O–H groups in total. The summed E-state index contributed by atoms with van der Waals surface area (Å²) < 4.78 is 0. The molecule has 5 heteroatoms. The smallest absolute Gasteiger partial charge is 0.311 e. The Morgan fingerprint density at radius 1 is 1.45 bits per heavy atom. The predicted molar refractivity (Wildman–Crippen MR) is 79.2 cm³/mol. The highest BCUT2D eigenvalue weighted by molar-refractivity contribution is 7.08. The molecule has 0 radical (unpaired) electrons. The Morgan fingerprint density at radius 3 is 2.75 bits per heavy atom. The van der Waals surface area contributed by atoms with E-state index in [9.17, 15) is 14.7 Å². The lowest BCUT2D eigenvalue weighted by atomic mass is 9.76. The zero-order valence-corrected chi connectivity index (χ0v) is 12.8. The summed E-state index contributed by atoms with van der Waals surface area (Å²) >= 11 is 1.51. The minimum absolute atomic E-state index is 0.0230. The Kier molecular flexibility index (Phi) is 4.48. The Balaban J connectivity index is 2.20. The van der Waals surface area contributed by atoms with Crippen molar-refractivity contribution in [3.63, 3.8) is 0 Å². The molecule has 2 heterocycles. The van der Waals surface area contributed by atoms with Crippen molar-refractivity contribution in [1.82, 2.24) is 4.90 Å². The second-order valence-corrected chi connectivity index (χ2v) is 6.38. The van der Waals surface area contributed by atoms with Crippen LogP contribution in [0.5, 0.6) is 0 Å².